The van der Waals surface area contributed by atoms with Gasteiger partial charge in [-0.05, 0) is 38.3 Å². The molecule has 0 bridgehead atoms. The maximum atomic E-state index is 12.2. The Balaban J connectivity index is 3.07. The van der Waals surface area contributed by atoms with Gasteiger partial charge in [0.1, 0.15) is 4.90 Å². The van der Waals surface area contributed by atoms with Gasteiger partial charge in [0.2, 0.25) is 10.0 Å². The third-order valence-corrected chi connectivity index (χ3v) is 5.31. The molecule has 0 fully saturated rings. The number of sulfonamides is 1. The molecule has 0 aromatic carbocycles. The van der Waals surface area contributed by atoms with Gasteiger partial charge in [-0.1, -0.05) is 6.92 Å². The van der Waals surface area contributed by atoms with Crippen molar-refractivity contribution in [2.45, 2.75) is 45.2 Å². The summed E-state index contributed by atoms with van der Waals surface area (Å²) in [6.45, 7) is 8.91. The van der Waals surface area contributed by atoms with Gasteiger partial charge in [-0.2, -0.15) is 0 Å². The molecule has 4 nitrogen and oxygen atoms in total. The summed E-state index contributed by atoms with van der Waals surface area (Å²) in [5, 5.41) is 5.05. The highest BCUT2D eigenvalue weighted by atomic mass is 32.2. The van der Waals surface area contributed by atoms with E-state index in [1.807, 2.05) is 33.1 Å². The van der Waals surface area contributed by atoms with Crippen LogP contribution in [0.3, 0.4) is 0 Å². The van der Waals surface area contributed by atoms with E-state index in [1.54, 1.807) is 0 Å². The Hall–Kier alpha value is -0.430. The first kappa shape index (κ1) is 14.6. The maximum absolute atomic E-state index is 12.2. The van der Waals surface area contributed by atoms with E-state index in [4.69, 9.17) is 0 Å². The summed E-state index contributed by atoms with van der Waals surface area (Å²) in [6.07, 6.45) is 0. The van der Waals surface area contributed by atoms with Crippen molar-refractivity contribution in [1.82, 2.24) is 10.0 Å². The molecule has 0 saturated heterocycles. The molecule has 0 atom stereocenters. The Morgan fingerprint density at radius 1 is 1.41 bits per heavy atom. The van der Waals surface area contributed by atoms with Gasteiger partial charge in [0.15, 0.2) is 0 Å². The molecule has 98 valence electrons. The van der Waals surface area contributed by atoms with Crippen LogP contribution in [0.25, 0.3) is 0 Å². The highest BCUT2D eigenvalue weighted by Crippen LogP contribution is 2.26. The number of rotatable bonds is 6. The van der Waals surface area contributed by atoms with Crippen molar-refractivity contribution in [2.75, 3.05) is 6.54 Å². The normalized spacial score (nSPS) is 12.3. The fourth-order valence-electron chi connectivity index (χ4n) is 1.58. The van der Waals surface area contributed by atoms with E-state index >= 15 is 0 Å². The lowest BCUT2D eigenvalue weighted by Crippen LogP contribution is -2.31. The minimum absolute atomic E-state index is 0.0914. The fraction of sp³-hybridized carbons (Fsp3) is 0.636. The highest BCUT2D eigenvalue weighted by molar-refractivity contribution is 7.89. The molecule has 2 N–H and O–H groups in total. The summed E-state index contributed by atoms with van der Waals surface area (Å²) in [7, 11) is -3.39. The molecule has 0 amide bonds. The first-order valence-electron chi connectivity index (χ1n) is 5.68. The molecule has 0 aliphatic heterocycles. The largest absolute Gasteiger partial charge is 0.312 e. The van der Waals surface area contributed by atoms with Crippen molar-refractivity contribution < 1.29 is 8.42 Å². The minimum Gasteiger partial charge on any atom is -0.312 e. The van der Waals surface area contributed by atoms with E-state index in [9.17, 15) is 8.42 Å². The van der Waals surface area contributed by atoms with Gasteiger partial charge in [0.05, 0.1) is 0 Å². The molecule has 17 heavy (non-hydrogen) atoms. The molecule has 0 radical (unpaired) electrons. The maximum Gasteiger partial charge on any atom is 0.242 e. The van der Waals surface area contributed by atoms with Gasteiger partial charge >= 0.3 is 0 Å². The summed E-state index contributed by atoms with van der Waals surface area (Å²) in [5.41, 5.74) is 0.816. The summed E-state index contributed by atoms with van der Waals surface area (Å²) in [6, 6.07) is -0.0914. The third-order valence-electron chi connectivity index (χ3n) is 2.18. The van der Waals surface area contributed by atoms with Crippen LogP contribution in [-0.2, 0) is 16.6 Å². The van der Waals surface area contributed by atoms with Crippen LogP contribution in [0.1, 0.15) is 31.2 Å². The lowest BCUT2D eigenvalue weighted by Gasteiger charge is -2.11. The lowest BCUT2D eigenvalue weighted by atomic mass is 10.3. The molecule has 1 aromatic heterocycles. The molecule has 1 heterocycles. The monoisotopic (exact) mass is 276 g/mol. The molecular formula is C11H20N2O2S2. The smallest absolute Gasteiger partial charge is 0.242 e. The van der Waals surface area contributed by atoms with Gasteiger partial charge in [0, 0.05) is 17.5 Å². The van der Waals surface area contributed by atoms with Crippen molar-refractivity contribution in [2.24, 2.45) is 0 Å². The number of hydrogen-bond donors (Lipinski definition) is 2. The van der Waals surface area contributed by atoms with Crippen LogP contribution < -0.4 is 10.0 Å². The fourth-order valence-corrected chi connectivity index (χ4v) is 4.61. The zero-order valence-electron chi connectivity index (χ0n) is 10.7. The quantitative estimate of drug-likeness (QED) is 0.833. The summed E-state index contributed by atoms with van der Waals surface area (Å²) in [5.74, 6) is 0. The zero-order valence-corrected chi connectivity index (χ0v) is 12.3. The SMILES string of the molecule is CCNCc1scc(C)c1S(=O)(=O)NC(C)C. The Labute approximate surface area is 107 Å². The van der Waals surface area contributed by atoms with E-state index in [2.05, 4.69) is 10.0 Å². The van der Waals surface area contributed by atoms with Gasteiger partial charge in [-0.3, -0.25) is 0 Å². The van der Waals surface area contributed by atoms with E-state index < -0.39 is 10.0 Å². The van der Waals surface area contributed by atoms with Crippen LogP contribution in [0.4, 0.5) is 0 Å². The molecule has 0 aliphatic rings. The average Bonchev–Trinajstić information content (AvgIpc) is 2.55. The number of aryl methyl sites for hydroxylation is 1. The molecular weight excluding hydrogens is 256 g/mol. The van der Waals surface area contributed by atoms with Crippen LogP contribution >= 0.6 is 11.3 Å². The molecule has 0 aliphatic carbocycles. The molecule has 0 spiro atoms. The Kier molecular flexibility index (Phi) is 5.12. The standard InChI is InChI=1S/C11H20N2O2S2/c1-5-12-6-10-11(9(4)7-16-10)17(14,15)13-8(2)3/h7-8,12-13H,5-6H2,1-4H3. The number of nitrogens with one attached hydrogen (secondary N) is 2. The van der Waals surface area contributed by atoms with Crippen molar-refractivity contribution in [1.29, 1.82) is 0 Å². The van der Waals surface area contributed by atoms with Crippen molar-refractivity contribution in [3.05, 3.63) is 15.8 Å². The molecule has 0 unspecified atom stereocenters. The topological polar surface area (TPSA) is 58.2 Å². The highest BCUT2D eigenvalue weighted by Gasteiger charge is 2.23. The van der Waals surface area contributed by atoms with Crippen LogP contribution in [0.2, 0.25) is 0 Å². The Bertz CT molecular complexity index is 464. The predicted octanol–water partition coefficient (Wildman–Crippen LogP) is 1.85. The predicted molar refractivity (Wildman–Crippen MR) is 71.9 cm³/mol. The van der Waals surface area contributed by atoms with E-state index in [0.29, 0.717) is 11.4 Å². The Morgan fingerprint density at radius 2 is 2.06 bits per heavy atom. The summed E-state index contributed by atoms with van der Waals surface area (Å²) in [4.78, 5) is 1.31. The second-order valence-corrected chi connectivity index (χ2v) is 6.84. The van der Waals surface area contributed by atoms with E-state index in [0.717, 1.165) is 17.0 Å². The van der Waals surface area contributed by atoms with E-state index in [-0.39, 0.29) is 6.04 Å². The lowest BCUT2D eigenvalue weighted by molar-refractivity contribution is 0.567. The Morgan fingerprint density at radius 3 is 2.59 bits per heavy atom. The second kappa shape index (κ2) is 5.95. The summed E-state index contributed by atoms with van der Waals surface area (Å²) < 4.78 is 27.0. The first-order chi connectivity index (χ1) is 7.88. The van der Waals surface area contributed by atoms with Gasteiger partial charge < -0.3 is 5.32 Å². The molecule has 6 heteroatoms. The van der Waals surface area contributed by atoms with Crippen molar-refractivity contribution in [3.63, 3.8) is 0 Å². The molecule has 1 rings (SSSR count). The van der Waals surface area contributed by atoms with Crippen LogP contribution in [-0.4, -0.2) is 21.0 Å². The van der Waals surface area contributed by atoms with Gasteiger partial charge in [0.25, 0.3) is 0 Å². The average molecular weight is 276 g/mol. The van der Waals surface area contributed by atoms with Crippen LogP contribution in [0.5, 0.6) is 0 Å². The van der Waals surface area contributed by atoms with E-state index in [1.165, 1.54) is 11.3 Å². The zero-order chi connectivity index (χ0) is 13.1. The third kappa shape index (κ3) is 3.77. The van der Waals surface area contributed by atoms with Crippen LogP contribution in [0, 0.1) is 6.92 Å². The second-order valence-electron chi connectivity index (χ2n) is 4.23. The number of thiophene rings is 1. The summed E-state index contributed by atoms with van der Waals surface area (Å²) >= 11 is 1.49. The van der Waals surface area contributed by atoms with Crippen molar-refractivity contribution >= 4 is 21.4 Å². The van der Waals surface area contributed by atoms with Gasteiger partial charge in [-0.15, -0.1) is 11.3 Å². The van der Waals surface area contributed by atoms with Crippen LogP contribution in [0.15, 0.2) is 10.3 Å². The molecule has 1 aromatic rings. The minimum atomic E-state index is -3.39. The van der Waals surface area contributed by atoms with Crippen molar-refractivity contribution in [3.8, 4) is 0 Å². The van der Waals surface area contributed by atoms with Gasteiger partial charge in [-0.25, -0.2) is 13.1 Å². The first-order valence-corrected chi connectivity index (χ1v) is 8.04. The number of hydrogen-bond acceptors (Lipinski definition) is 4. The molecule has 0 saturated carbocycles.